The first-order chi connectivity index (χ1) is 10.1. The zero-order valence-corrected chi connectivity index (χ0v) is 11.8. The average molecular weight is 290 g/mol. The molecule has 1 amide bonds. The summed E-state index contributed by atoms with van der Waals surface area (Å²) in [4.78, 5) is 33.0. The van der Waals surface area contributed by atoms with Gasteiger partial charge in [0.25, 0.3) is 5.43 Å². The topological polar surface area (TPSA) is 86.6 Å². The van der Waals surface area contributed by atoms with Gasteiger partial charge in [0.15, 0.2) is 5.75 Å². The highest BCUT2D eigenvalue weighted by Crippen LogP contribution is 2.09. The van der Waals surface area contributed by atoms with E-state index in [-0.39, 0.29) is 11.4 Å². The van der Waals surface area contributed by atoms with Gasteiger partial charge in [0.05, 0.1) is 32.3 Å². The molecule has 0 aliphatic heterocycles. The van der Waals surface area contributed by atoms with Crippen LogP contribution in [-0.2, 0) is 4.84 Å². The summed E-state index contributed by atoms with van der Waals surface area (Å²) in [6, 6.07) is 3.45. The van der Waals surface area contributed by atoms with Crippen molar-refractivity contribution in [1.29, 1.82) is 0 Å². The minimum absolute atomic E-state index is 0.00158. The second-order valence-corrected chi connectivity index (χ2v) is 4.02. The number of hydroxylamine groups is 2. The minimum atomic E-state index is -0.668. The highest BCUT2D eigenvalue weighted by Gasteiger charge is 2.21. The van der Waals surface area contributed by atoms with Crippen molar-refractivity contribution in [2.75, 3.05) is 21.3 Å². The van der Waals surface area contributed by atoms with E-state index in [1.165, 1.54) is 32.1 Å². The standard InChI is InChI=1S/C13H14N4O4/c1-16(21-3)13(19)11-12(18)10(20-2)8-17(15-11)9-5-4-6-14-7-9/h4-8H,1-3H3. The molecule has 2 heterocycles. The first-order valence-electron chi connectivity index (χ1n) is 5.99. The third kappa shape index (κ3) is 2.90. The zero-order valence-electron chi connectivity index (χ0n) is 11.8. The van der Waals surface area contributed by atoms with Crippen molar-refractivity contribution in [1.82, 2.24) is 19.8 Å². The van der Waals surface area contributed by atoms with E-state index < -0.39 is 11.3 Å². The molecule has 21 heavy (non-hydrogen) atoms. The number of carbonyl (C=O) groups is 1. The molecule has 0 radical (unpaired) electrons. The van der Waals surface area contributed by atoms with Crippen molar-refractivity contribution in [3.8, 4) is 11.4 Å². The molecule has 0 saturated heterocycles. The fourth-order valence-electron chi connectivity index (χ4n) is 1.61. The zero-order chi connectivity index (χ0) is 15.4. The fourth-order valence-corrected chi connectivity index (χ4v) is 1.61. The van der Waals surface area contributed by atoms with Crippen molar-refractivity contribution >= 4 is 5.91 Å². The Balaban J connectivity index is 2.60. The largest absolute Gasteiger partial charge is 0.491 e. The van der Waals surface area contributed by atoms with Gasteiger partial charge < -0.3 is 4.74 Å². The Bertz CT molecular complexity index is 699. The molecule has 2 aromatic rings. The lowest BCUT2D eigenvalue weighted by Crippen LogP contribution is -2.33. The molecule has 0 spiro atoms. The summed E-state index contributed by atoms with van der Waals surface area (Å²) >= 11 is 0. The molecule has 0 aromatic carbocycles. The molecular weight excluding hydrogens is 276 g/mol. The van der Waals surface area contributed by atoms with Crippen LogP contribution in [-0.4, -0.2) is 47.0 Å². The smallest absolute Gasteiger partial charge is 0.301 e. The first-order valence-corrected chi connectivity index (χ1v) is 5.99. The quantitative estimate of drug-likeness (QED) is 0.751. The van der Waals surface area contributed by atoms with Gasteiger partial charge in [-0.05, 0) is 12.1 Å². The Morgan fingerprint density at radius 3 is 2.71 bits per heavy atom. The SMILES string of the molecule is COc1cn(-c2cccnc2)nc(C(=O)N(C)OC)c1=O. The average Bonchev–Trinajstić information content (AvgIpc) is 2.54. The van der Waals surface area contributed by atoms with Gasteiger partial charge in [0.2, 0.25) is 5.69 Å². The predicted octanol–water partition coefficient (Wildman–Crippen LogP) is 0.270. The number of rotatable bonds is 4. The van der Waals surface area contributed by atoms with E-state index in [1.54, 1.807) is 24.5 Å². The molecule has 0 fully saturated rings. The molecular formula is C13H14N4O4. The van der Waals surface area contributed by atoms with Gasteiger partial charge >= 0.3 is 5.91 Å². The number of hydrogen-bond donors (Lipinski definition) is 0. The van der Waals surface area contributed by atoms with Crippen LogP contribution < -0.4 is 10.2 Å². The number of methoxy groups -OCH3 is 1. The van der Waals surface area contributed by atoms with Gasteiger partial charge in [-0.1, -0.05) is 0 Å². The minimum Gasteiger partial charge on any atom is -0.491 e. The van der Waals surface area contributed by atoms with Gasteiger partial charge in [-0.15, -0.1) is 0 Å². The monoisotopic (exact) mass is 290 g/mol. The lowest BCUT2D eigenvalue weighted by molar-refractivity contribution is -0.0762. The summed E-state index contributed by atoms with van der Waals surface area (Å²) in [5.41, 5.74) is -0.320. The van der Waals surface area contributed by atoms with Gasteiger partial charge in [0, 0.05) is 13.2 Å². The molecule has 0 saturated carbocycles. The molecule has 0 aliphatic carbocycles. The number of amides is 1. The molecule has 0 aliphatic rings. The number of hydrogen-bond acceptors (Lipinski definition) is 6. The Kier molecular flexibility index (Phi) is 4.29. The van der Waals surface area contributed by atoms with Gasteiger partial charge in [-0.3, -0.25) is 19.4 Å². The van der Waals surface area contributed by atoms with E-state index in [1.807, 2.05) is 0 Å². The van der Waals surface area contributed by atoms with E-state index >= 15 is 0 Å². The number of ether oxygens (including phenoxy) is 1. The molecule has 2 aromatic heterocycles. The summed E-state index contributed by atoms with van der Waals surface area (Å²) in [6.07, 6.45) is 4.54. The highest BCUT2D eigenvalue weighted by atomic mass is 16.7. The molecule has 0 N–H and O–H groups in total. The van der Waals surface area contributed by atoms with Crippen LogP contribution in [0.1, 0.15) is 10.5 Å². The van der Waals surface area contributed by atoms with E-state index in [0.29, 0.717) is 5.69 Å². The summed E-state index contributed by atoms with van der Waals surface area (Å²) in [6.45, 7) is 0. The van der Waals surface area contributed by atoms with Crippen LogP contribution in [0.25, 0.3) is 5.69 Å². The maximum absolute atomic E-state index is 12.1. The van der Waals surface area contributed by atoms with Crippen molar-refractivity contribution in [2.24, 2.45) is 0 Å². The van der Waals surface area contributed by atoms with E-state index in [0.717, 1.165) is 5.06 Å². The second-order valence-electron chi connectivity index (χ2n) is 4.02. The second kappa shape index (κ2) is 6.14. The van der Waals surface area contributed by atoms with Crippen molar-refractivity contribution in [3.05, 3.63) is 46.6 Å². The lowest BCUT2D eigenvalue weighted by atomic mass is 10.3. The molecule has 0 unspecified atom stereocenters. The van der Waals surface area contributed by atoms with Crippen LogP contribution in [0.4, 0.5) is 0 Å². The Hall–Kier alpha value is -2.74. The molecule has 110 valence electrons. The summed E-state index contributed by atoms with van der Waals surface area (Å²) < 4.78 is 6.36. The number of aromatic nitrogens is 3. The highest BCUT2D eigenvalue weighted by molar-refractivity contribution is 5.91. The predicted molar refractivity (Wildman–Crippen MR) is 73.3 cm³/mol. The summed E-state index contributed by atoms with van der Waals surface area (Å²) in [5, 5.41) is 4.95. The van der Waals surface area contributed by atoms with Crippen LogP contribution in [0, 0.1) is 0 Å². The van der Waals surface area contributed by atoms with Gasteiger partial charge in [0.1, 0.15) is 0 Å². The molecule has 8 nitrogen and oxygen atoms in total. The van der Waals surface area contributed by atoms with Crippen LogP contribution in [0.3, 0.4) is 0 Å². The van der Waals surface area contributed by atoms with Crippen LogP contribution >= 0.6 is 0 Å². The van der Waals surface area contributed by atoms with Crippen LogP contribution in [0.15, 0.2) is 35.5 Å². The number of pyridine rings is 1. The number of carbonyl (C=O) groups excluding carboxylic acids is 1. The molecule has 2 rings (SSSR count). The van der Waals surface area contributed by atoms with Crippen LogP contribution in [0.2, 0.25) is 0 Å². The third-order valence-corrected chi connectivity index (χ3v) is 2.78. The van der Waals surface area contributed by atoms with Crippen molar-refractivity contribution in [2.45, 2.75) is 0 Å². The fraction of sp³-hybridized carbons (Fsp3) is 0.231. The maximum Gasteiger partial charge on any atom is 0.301 e. The molecule has 0 bridgehead atoms. The Morgan fingerprint density at radius 2 is 2.14 bits per heavy atom. The van der Waals surface area contributed by atoms with E-state index in [2.05, 4.69) is 10.1 Å². The third-order valence-electron chi connectivity index (χ3n) is 2.78. The lowest BCUT2D eigenvalue weighted by Gasteiger charge is -2.14. The normalized spacial score (nSPS) is 10.2. The molecule has 8 heteroatoms. The number of nitrogens with zero attached hydrogens (tertiary/aromatic N) is 4. The van der Waals surface area contributed by atoms with Crippen LogP contribution in [0.5, 0.6) is 5.75 Å². The summed E-state index contributed by atoms with van der Waals surface area (Å²) in [5.74, 6) is -0.666. The van der Waals surface area contributed by atoms with Gasteiger partial charge in [-0.25, -0.2) is 9.75 Å². The van der Waals surface area contributed by atoms with Crippen molar-refractivity contribution < 1.29 is 14.4 Å². The van der Waals surface area contributed by atoms with Crippen molar-refractivity contribution in [3.63, 3.8) is 0 Å². The maximum atomic E-state index is 12.1. The van der Waals surface area contributed by atoms with E-state index in [4.69, 9.17) is 9.57 Å². The van der Waals surface area contributed by atoms with E-state index in [9.17, 15) is 9.59 Å². The summed E-state index contributed by atoms with van der Waals surface area (Å²) in [7, 11) is 4.05. The Labute approximate surface area is 120 Å². The van der Waals surface area contributed by atoms with Gasteiger partial charge in [-0.2, -0.15) is 5.10 Å². The Morgan fingerprint density at radius 1 is 1.38 bits per heavy atom. The first kappa shape index (κ1) is 14.7. The molecule has 0 atom stereocenters.